The largest absolute Gasteiger partial charge is 0.361 e. The molecule has 1 aliphatic heterocycles. The van der Waals surface area contributed by atoms with Crippen molar-refractivity contribution in [2.45, 2.75) is 19.0 Å². The van der Waals surface area contributed by atoms with Crippen LogP contribution in [0.4, 0.5) is 0 Å². The fraction of sp³-hybridized carbons (Fsp3) is 0.241. The number of nitrogens with zero attached hydrogens (tertiary/aromatic N) is 4. The summed E-state index contributed by atoms with van der Waals surface area (Å²) >= 11 is 7.85. The molecule has 1 fully saturated rings. The molecule has 204 valence electrons. The number of aromatic amines is 1. The van der Waals surface area contributed by atoms with E-state index in [2.05, 4.69) is 25.3 Å². The summed E-state index contributed by atoms with van der Waals surface area (Å²) in [6.45, 7) is 2.87. The van der Waals surface area contributed by atoms with Crippen LogP contribution in [0.1, 0.15) is 21.8 Å². The number of carbonyl (C=O) groups is 2. The first-order valence-corrected chi connectivity index (χ1v) is 14.3. The molecule has 2 amide bonds. The van der Waals surface area contributed by atoms with Crippen molar-refractivity contribution in [1.82, 2.24) is 30.2 Å². The number of benzene rings is 2. The molecule has 4 heterocycles. The maximum Gasteiger partial charge on any atom is 0.253 e. The number of para-hydroxylation sites is 1. The maximum atomic E-state index is 13.8. The van der Waals surface area contributed by atoms with Gasteiger partial charge >= 0.3 is 0 Å². The summed E-state index contributed by atoms with van der Waals surface area (Å²) < 4.78 is 5.46. The van der Waals surface area contributed by atoms with Crippen LogP contribution in [0.2, 0.25) is 5.02 Å². The third kappa shape index (κ3) is 5.65. The molecule has 3 aromatic heterocycles. The van der Waals surface area contributed by atoms with Crippen LogP contribution in [-0.4, -0.2) is 69.0 Å². The summed E-state index contributed by atoms with van der Waals surface area (Å²) in [5.74, 6) is 0.643. The second-order valence-electron chi connectivity index (χ2n) is 9.66. The van der Waals surface area contributed by atoms with Gasteiger partial charge < -0.3 is 19.7 Å². The van der Waals surface area contributed by atoms with Crippen LogP contribution in [0.3, 0.4) is 0 Å². The Labute approximate surface area is 239 Å². The van der Waals surface area contributed by atoms with Crippen LogP contribution < -0.4 is 5.32 Å². The first-order valence-electron chi connectivity index (χ1n) is 13.0. The van der Waals surface area contributed by atoms with Gasteiger partial charge in [0.25, 0.3) is 5.91 Å². The molecule has 0 radical (unpaired) electrons. The van der Waals surface area contributed by atoms with E-state index in [0.717, 1.165) is 21.3 Å². The second-order valence-corrected chi connectivity index (χ2v) is 11.0. The van der Waals surface area contributed by atoms with Crippen molar-refractivity contribution in [3.05, 3.63) is 94.3 Å². The van der Waals surface area contributed by atoms with Crippen LogP contribution in [0.25, 0.3) is 21.6 Å². The molecule has 1 aliphatic rings. The van der Waals surface area contributed by atoms with Crippen LogP contribution in [0.15, 0.2) is 76.8 Å². The monoisotopic (exact) mass is 574 g/mol. The summed E-state index contributed by atoms with van der Waals surface area (Å²) in [4.78, 5) is 39.8. The topological polar surface area (TPSA) is 107 Å². The van der Waals surface area contributed by atoms with Crippen molar-refractivity contribution in [3.8, 4) is 10.7 Å². The number of thiophene rings is 1. The molecular weight excluding hydrogens is 548 g/mol. The predicted octanol–water partition coefficient (Wildman–Crippen LogP) is 4.62. The first-order chi connectivity index (χ1) is 19.5. The Hall–Kier alpha value is -3.99. The van der Waals surface area contributed by atoms with E-state index < -0.39 is 6.04 Å². The third-order valence-electron chi connectivity index (χ3n) is 7.07. The average Bonchev–Trinajstić information content (AvgIpc) is 3.75. The van der Waals surface area contributed by atoms with E-state index >= 15 is 0 Å². The van der Waals surface area contributed by atoms with E-state index in [9.17, 15) is 9.59 Å². The van der Waals surface area contributed by atoms with E-state index in [1.807, 2.05) is 52.9 Å². The van der Waals surface area contributed by atoms with Crippen molar-refractivity contribution < 1.29 is 14.1 Å². The van der Waals surface area contributed by atoms with Crippen molar-refractivity contribution in [3.63, 3.8) is 0 Å². The van der Waals surface area contributed by atoms with E-state index in [1.165, 1.54) is 0 Å². The summed E-state index contributed by atoms with van der Waals surface area (Å²) in [6, 6.07) is 17.9. The molecule has 0 bridgehead atoms. The number of amides is 2. The molecule has 9 nitrogen and oxygen atoms in total. The normalized spacial score (nSPS) is 14.9. The highest BCUT2D eigenvalue weighted by Crippen LogP contribution is 2.23. The molecule has 5 aromatic rings. The molecule has 1 unspecified atom stereocenters. The lowest BCUT2D eigenvalue weighted by molar-refractivity contribution is -0.135. The second kappa shape index (κ2) is 11.6. The third-order valence-corrected chi connectivity index (χ3v) is 8.27. The van der Waals surface area contributed by atoms with Gasteiger partial charge in [0.1, 0.15) is 6.04 Å². The summed E-state index contributed by atoms with van der Waals surface area (Å²) in [5.41, 5.74) is 2.29. The number of carbonyl (C=O) groups excluding carboxylic acids is 2. The fourth-order valence-electron chi connectivity index (χ4n) is 4.96. The smallest absolute Gasteiger partial charge is 0.253 e. The number of halogens is 1. The van der Waals surface area contributed by atoms with Gasteiger partial charge in [0.2, 0.25) is 17.6 Å². The van der Waals surface area contributed by atoms with E-state index in [0.29, 0.717) is 61.4 Å². The van der Waals surface area contributed by atoms with Crippen molar-refractivity contribution in [2.75, 3.05) is 26.2 Å². The Balaban J connectivity index is 1.14. The van der Waals surface area contributed by atoms with Crippen molar-refractivity contribution in [1.29, 1.82) is 0 Å². The lowest BCUT2D eigenvalue weighted by Crippen LogP contribution is -2.55. The van der Waals surface area contributed by atoms with Gasteiger partial charge in [-0.05, 0) is 35.2 Å². The van der Waals surface area contributed by atoms with Crippen LogP contribution in [-0.2, 0) is 17.8 Å². The number of hydrogen-bond donors (Lipinski definition) is 2. The van der Waals surface area contributed by atoms with E-state index in [1.54, 1.807) is 35.6 Å². The number of H-pyrrole nitrogens is 1. The van der Waals surface area contributed by atoms with Gasteiger partial charge in [0.05, 0.1) is 22.0 Å². The molecule has 11 heteroatoms. The zero-order valence-electron chi connectivity index (χ0n) is 21.5. The minimum Gasteiger partial charge on any atom is -0.361 e. The Kier molecular flexibility index (Phi) is 7.63. The Bertz CT molecular complexity index is 1620. The van der Waals surface area contributed by atoms with Gasteiger partial charge in [0.15, 0.2) is 0 Å². The Morgan fingerprint density at radius 3 is 2.65 bits per heavy atom. The Morgan fingerprint density at radius 2 is 1.85 bits per heavy atom. The molecule has 1 atom stereocenters. The number of fused-ring (bicyclic) bond motifs is 1. The molecular formula is C29H27ClN6O3S. The van der Waals surface area contributed by atoms with Gasteiger partial charge in [-0.2, -0.15) is 4.98 Å². The van der Waals surface area contributed by atoms with Gasteiger partial charge in [-0.25, -0.2) is 0 Å². The SMILES string of the molecule is O=C(NC(Cc1c[nH]c2ccccc12)C(=O)N1CCN(Cc2nc(-c3cccs3)no2)CC1)c1ccccc1Cl. The highest BCUT2D eigenvalue weighted by Gasteiger charge is 2.30. The zero-order chi connectivity index (χ0) is 27.5. The van der Waals surface area contributed by atoms with Gasteiger partial charge in [-0.3, -0.25) is 14.5 Å². The molecule has 6 rings (SSSR count). The molecule has 2 aromatic carbocycles. The molecule has 0 saturated carbocycles. The number of rotatable bonds is 8. The van der Waals surface area contributed by atoms with Crippen LogP contribution in [0.5, 0.6) is 0 Å². The minimum atomic E-state index is -0.751. The van der Waals surface area contributed by atoms with E-state index in [-0.39, 0.29) is 11.8 Å². The van der Waals surface area contributed by atoms with Crippen molar-refractivity contribution >= 4 is 45.7 Å². The summed E-state index contributed by atoms with van der Waals surface area (Å²) in [6.07, 6.45) is 2.26. The lowest BCUT2D eigenvalue weighted by atomic mass is 10.0. The Morgan fingerprint density at radius 1 is 1.05 bits per heavy atom. The number of hydrogen-bond acceptors (Lipinski definition) is 7. The van der Waals surface area contributed by atoms with Gasteiger partial charge in [-0.15, -0.1) is 11.3 Å². The van der Waals surface area contributed by atoms with Crippen molar-refractivity contribution in [2.24, 2.45) is 0 Å². The highest BCUT2D eigenvalue weighted by atomic mass is 35.5. The van der Waals surface area contributed by atoms with E-state index in [4.69, 9.17) is 16.1 Å². The first kappa shape index (κ1) is 26.2. The highest BCUT2D eigenvalue weighted by molar-refractivity contribution is 7.13. The molecule has 1 saturated heterocycles. The summed E-state index contributed by atoms with van der Waals surface area (Å²) in [7, 11) is 0. The number of piperazine rings is 1. The van der Waals surface area contributed by atoms with Crippen LogP contribution in [0, 0.1) is 0 Å². The number of nitrogens with one attached hydrogen (secondary N) is 2. The van der Waals surface area contributed by atoms with Gasteiger partial charge in [-0.1, -0.05) is 53.2 Å². The predicted molar refractivity (Wildman–Crippen MR) is 154 cm³/mol. The fourth-order valence-corrected chi connectivity index (χ4v) is 5.84. The standard InChI is InChI=1S/C29H27ClN6O3S/c30-22-8-3-1-7-21(22)28(37)32-24(16-19-17-31-23-9-4-2-6-20(19)23)29(38)36-13-11-35(12-14-36)18-26-33-27(34-39-26)25-10-5-15-40-25/h1-10,15,17,24,31H,11-14,16,18H2,(H,32,37). The molecule has 0 aliphatic carbocycles. The molecule has 2 N–H and O–H groups in total. The van der Waals surface area contributed by atoms with Gasteiger partial charge in [0, 0.05) is 49.7 Å². The summed E-state index contributed by atoms with van der Waals surface area (Å²) in [5, 5.41) is 10.4. The van der Waals surface area contributed by atoms with Crippen LogP contribution >= 0.6 is 22.9 Å². The zero-order valence-corrected chi connectivity index (χ0v) is 23.1. The average molecular weight is 575 g/mol. The number of aromatic nitrogens is 3. The quantitative estimate of drug-likeness (QED) is 0.280. The maximum absolute atomic E-state index is 13.8. The molecule has 40 heavy (non-hydrogen) atoms. The minimum absolute atomic E-state index is 0.122. The lowest BCUT2D eigenvalue weighted by Gasteiger charge is -2.36. The molecule has 0 spiro atoms.